The van der Waals surface area contributed by atoms with Crippen LogP contribution in [0.2, 0.25) is 0 Å². The van der Waals surface area contributed by atoms with Crippen molar-refractivity contribution in [3.63, 3.8) is 0 Å². The van der Waals surface area contributed by atoms with Gasteiger partial charge in [-0.05, 0) is 46.2 Å². The van der Waals surface area contributed by atoms with Crippen molar-refractivity contribution in [2.75, 3.05) is 0 Å². The van der Waals surface area contributed by atoms with Crippen molar-refractivity contribution < 1.29 is 0 Å². The molecule has 0 spiro atoms. The van der Waals surface area contributed by atoms with Crippen molar-refractivity contribution in [2.24, 2.45) is 0 Å². The van der Waals surface area contributed by atoms with Crippen LogP contribution in [-0.2, 0) is 19.5 Å². The fraction of sp³-hybridized carbons (Fsp3) is 0.562. The van der Waals surface area contributed by atoms with E-state index >= 15 is 0 Å². The Morgan fingerprint density at radius 3 is 2.55 bits per heavy atom. The highest BCUT2D eigenvalue weighted by Gasteiger charge is 2.13. The van der Waals surface area contributed by atoms with Crippen molar-refractivity contribution in [1.82, 2.24) is 14.9 Å². The lowest BCUT2D eigenvalue weighted by atomic mass is 10.1. The van der Waals surface area contributed by atoms with Gasteiger partial charge in [0.05, 0.1) is 12.2 Å². The summed E-state index contributed by atoms with van der Waals surface area (Å²) in [6.45, 7) is 12.6. The molecule has 20 heavy (non-hydrogen) atoms. The Hall–Kier alpha value is -1.13. The number of aryl methyl sites for hydroxylation is 2. The number of imidazole rings is 1. The number of nitrogens with zero attached hydrogens (tertiary/aromatic N) is 2. The third-order valence-electron chi connectivity index (χ3n) is 3.32. The molecule has 2 aromatic heterocycles. The number of hydrogen-bond acceptors (Lipinski definition) is 3. The van der Waals surface area contributed by atoms with Crippen LogP contribution in [0.4, 0.5) is 0 Å². The van der Waals surface area contributed by atoms with Gasteiger partial charge in [-0.25, -0.2) is 4.98 Å². The van der Waals surface area contributed by atoms with Gasteiger partial charge in [0, 0.05) is 28.0 Å². The van der Waals surface area contributed by atoms with Crippen molar-refractivity contribution in [3.05, 3.63) is 39.6 Å². The SMILES string of the molecule is CCc1ccc(Cn2c(CNC(C)(C)C)cnc2C)s1. The zero-order valence-corrected chi connectivity index (χ0v) is 14.0. The standard InChI is InChI=1S/C16H25N3S/c1-6-14-7-8-15(20-14)11-19-12(2)17-9-13(19)10-18-16(3,4)5/h7-9,18H,6,10-11H2,1-5H3. The Balaban J connectivity index is 2.12. The largest absolute Gasteiger partial charge is 0.326 e. The predicted octanol–water partition coefficient (Wildman–Crippen LogP) is 3.75. The first-order valence-electron chi connectivity index (χ1n) is 7.22. The van der Waals surface area contributed by atoms with Gasteiger partial charge in [-0.15, -0.1) is 11.3 Å². The van der Waals surface area contributed by atoms with E-state index in [1.807, 2.05) is 17.5 Å². The van der Waals surface area contributed by atoms with Crippen LogP contribution < -0.4 is 5.32 Å². The Bertz CT molecular complexity index is 561. The fourth-order valence-electron chi connectivity index (χ4n) is 2.08. The quantitative estimate of drug-likeness (QED) is 0.909. The maximum absolute atomic E-state index is 4.47. The maximum Gasteiger partial charge on any atom is 0.106 e. The van der Waals surface area contributed by atoms with Crippen molar-refractivity contribution in [1.29, 1.82) is 0 Å². The molecule has 0 bridgehead atoms. The summed E-state index contributed by atoms with van der Waals surface area (Å²) in [4.78, 5) is 7.32. The molecule has 0 unspecified atom stereocenters. The average Bonchev–Trinajstić information content (AvgIpc) is 2.95. The smallest absolute Gasteiger partial charge is 0.106 e. The molecule has 0 saturated heterocycles. The summed E-state index contributed by atoms with van der Waals surface area (Å²) in [5.74, 6) is 1.09. The van der Waals surface area contributed by atoms with E-state index in [4.69, 9.17) is 0 Å². The first-order chi connectivity index (χ1) is 9.39. The molecule has 0 aliphatic carbocycles. The highest BCUT2D eigenvalue weighted by atomic mass is 32.1. The lowest BCUT2D eigenvalue weighted by molar-refractivity contribution is 0.416. The highest BCUT2D eigenvalue weighted by Crippen LogP contribution is 2.19. The van der Waals surface area contributed by atoms with E-state index in [1.165, 1.54) is 15.4 Å². The molecular formula is C16H25N3S. The molecule has 0 aromatic carbocycles. The zero-order chi connectivity index (χ0) is 14.8. The number of hydrogen-bond donors (Lipinski definition) is 1. The van der Waals surface area contributed by atoms with Gasteiger partial charge in [0.2, 0.25) is 0 Å². The zero-order valence-electron chi connectivity index (χ0n) is 13.2. The second-order valence-corrected chi connectivity index (χ2v) is 7.46. The van der Waals surface area contributed by atoms with Gasteiger partial charge in [-0.1, -0.05) is 6.92 Å². The number of aromatic nitrogens is 2. The van der Waals surface area contributed by atoms with Crippen LogP contribution in [0.3, 0.4) is 0 Å². The predicted molar refractivity (Wildman–Crippen MR) is 86.4 cm³/mol. The van der Waals surface area contributed by atoms with Crippen LogP contribution in [0.5, 0.6) is 0 Å². The molecule has 2 rings (SSSR count). The minimum absolute atomic E-state index is 0.126. The Labute approximate surface area is 126 Å². The van der Waals surface area contributed by atoms with Crippen LogP contribution in [-0.4, -0.2) is 15.1 Å². The number of nitrogens with one attached hydrogen (secondary N) is 1. The number of rotatable bonds is 5. The molecule has 0 radical (unpaired) electrons. The molecule has 3 nitrogen and oxygen atoms in total. The summed E-state index contributed by atoms with van der Waals surface area (Å²) in [5, 5.41) is 3.54. The monoisotopic (exact) mass is 291 g/mol. The second kappa shape index (κ2) is 6.10. The average molecular weight is 291 g/mol. The third-order valence-corrected chi connectivity index (χ3v) is 4.53. The van der Waals surface area contributed by atoms with Gasteiger partial charge in [0.25, 0.3) is 0 Å². The Morgan fingerprint density at radius 1 is 1.25 bits per heavy atom. The van der Waals surface area contributed by atoms with Gasteiger partial charge >= 0.3 is 0 Å². The summed E-state index contributed by atoms with van der Waals surface area (Å²) in [5.41, 5.74) is 1.38. The maximum atomic E-state index is 4.47. The van der Waals surface area contributed by atoms with Gasteiger partial charge < -0.3 is 9.88 Å². The van der Waals surface area contributed by atoms with E-state index in [1.54, 1.807) is 0 Å². The van der Waals surface area contributed by atoms with Crippen molar-refractivity contribution in [3.8, 4) is 0 Å². The molecule has 1 N–H and O–H groups in total. The van der Waals surface area contributed by atoms with Gasteiger partial charge in [-0.2, -0.15) is 0 Å². The van der Waals surface area contributed by atoms with Crippen molar-refractivity contribution in [2.45, 2.75) is 59.7 Å². The molecule has 0 amide bonds. The lowest BCUT2D eigenvalue weighted by Crippen LogP contribution is -2.35. The molecule has 0 saturated carbocycles. The van der Waals surface area contributed by atoms with Crippen molar-refractivity contribution >= 4 is 11.3 Å². The molecule has 4 heteroatoms. The molecule has 0 aliphatic rings. The third kappa shape index (κ3) is 3.93. The Morgan fingerprint density at radius 2 is 1.95 bits per heavy atom. The van der Waals surface area contributed by atoms with Gasteiger partial charge in [0.15, 0.2) is 0 Å². The van der Waals surface area contributed by atoms with Crippen LogP contribution in [0.1, 0.15) is 49.0 Å². The summed E-state index contributed by atoms with van der Waals surface area (Å²) < 4.78 is 2.31. The minimum atomic E-state index is 0.126. The molecule has 0 atom stereocenters. The van der Waals surface area contributed by atoms with E-state index in [9.17, 15) is 0 Å². The van der Waals surface area contributed by atoms with Crippen LogP contribution in [0.25, 0.3) is 0 Å². The fourth-order valence-corrected chi connectivity index (χ4v) is 3.03. The van der Waals surface area contributed by atoms with E-state index in [0.717, 1.165) is 25.3 Å². The molecule has 110 valence electrons. The first-order valence-corrected chi connectivity index (χ1v) is 8.04. The summed E-state index contributed by atoms with van der Waals surface area (Å²) in [6, 6.07) is 4.48. The van der Waals surface area contributed by atoms with Crippen LogP contribution in [0.15, 0.2) is 18.3 Å². The molecule has 2 aromatic rings. The van der Waals surface area contributed by atoms with E-state index in [-0.39, 0.29) is 5.54 Å². The summed E-state index contributed by atoms with van der Waals surface area (Å²) in [7, 11) is 0. The van der Waals surface area contributed by atoms with Crippen LogP contribution in [0, 0.1) is 6.92 Å². The molecule has 2 heterocycles. The van der Waals surface area contributed by atoms with E-state index < -0.39 is 0 Å². The van der Waals surface area contributed by atoms with Gasteiger partial charge in [-0.3, -0.25) is 0 Å². The first kappa shape index (κ1) is 15.3. The molecular weight excluding hydrogens is 266 g/mol. The topological polar surface area (TPSA) is 29.9 Å². The minimum Gasteiger partial charge on any atom is -0.326 e. The molecule has 0 aliphatic heterocycles. The Kier molecular flexibility index (Phi) is 4.66. The second-order valence-electron chi connectivity index (χ2n) is 6.21. The lowest BCUT2D eigenvalue weighted by Gasteiger charge is -2.21. The number of thiophene rings is 1. The van der Waals surface area contributed by atoms with E-state index in [2.05, 4.69) is 61.6 Å². The molecule has 0 fully saturated rings. The van der Waals surface area contributed by atoms with E-state index in [0.29, 0.717) is 0 Å². The normalized spacial score (nSPS) is 12.1. The van der Waals surface area contributed by atoms with Gasteiger partial charge in [0.1, 0.15) is 5.82 Å². The van der Waals surface area contributed by atoms with Crippen LogP contribution >= 0.6 is 11.3 Å². The highest BCUT2D eigenvalue weighted by molar-refractivity contribution is 7.11. The summed E-state index contributed by atoms with van der Waals surface area (Å²) in [6.07, 6.45) is 3.11. The summed E-state index contributed by atoms with van der Waals surface area (Å²) >= 11 is 1.90.